The molecule has 0 spiro atoms. The fourth-order valence-electron chi connectivity index (χ4n) is 5.42. The fourth-order valence-corrected chi connectivity index (χ4v) is 5.42. The molecule has 33 heavy (non-hydrogen) atoms. The summed E-state index contributed by atoms with van der Waals surface area (Å²) < 4.78 is 5.71. The first-order valence-electron chi connectivity index (χ1n) is 12.6. The van der Waals surface area contributed by atoms with E-state index in [0.29, 0.717) is 24.4 Å². The maximum atomic E-state index is 13.0. The standard InChI is InChI=1S/C30H39NO2/c1-19(2)23-16-27(20(3)4)29(28(17-23)21(5)6)24-14-25-12-13-26(15-24)31(25)30(32)33-18-22-10-8-7-9-11-22/h7-11,14,16-17,19-21,25-26H,12-13,15,18H2,1-6H3. The van der Waals surface area contributed by atoms with Gasteiger partial charge in [-0.1, -0.05) is 90.1 Å². The van der Waals surface area contributed by atoms with Crippen molar-refractivity contribution in [3.8, 4) is 0 Å². The number of nitrogens with zero attached hydrogens (tertiary/aromatic N) is 1. The van der Waals surface area contributed by atoms with Gasteiger partial charge < -0.3 is 4.74 Å². The van der Waals surface area contributed by atoms with Gasteiger partial charge in [-0.05, 0) is 70.4 Å². The van der Waals surface area contributed by atoms with Crippen molar-refractivity contribution in [3.63, 3.8) is 0 Å². The van der Waals surface area contributed by atoms with E-state index < -0.39 is 0 Å². The normalized spacial score (nSPS) is 20.0. The predicted octanol–water partition coefficient (Wildman–Crippen LogP) is 8.01. The van der Waals surface area contributed by atoms with Crippen molar-refractivity contribution in [2.24, 2.45) is 0 Å². The van der Waals surface area contributed by atoms with Gasteiger partial charge in [0, 0.05) is 6.04 Å². The molecule has 0 aliphatic carbocycles. The second-order valence-corrected chi connectivity index (χ2v) is 10.7. The lowest BCUT2D eigenvalue weighted by molar-refractivity contribution is 0.0832. The summed E-state index contributed by atoms with van der Waals surface area (Å²) in [5.41, 5.74) is 8.23. The molecule has 1 saturated heterocycles. The molecule has 0 radical (unpaired) electrons. The van der Waals surface area contributed by atoms with Gasteiger partial charge in [-0.2, -0.15) is 0 Å². The Balaban J connectivity index is 1.63. The summed E-state index contributed by atoms with van der Waals surface area (Å²) in [6.07, 6.45) is 5.17. The summed E-state index contributed by atoms with van der Waals surface area (Å²) in [6, 6.07) is 15.1. The zero-order chi connectivity index (χ0) is 23.7. The van der Waals surface area contributed by atoms with Crippen LogP contribution >= 0.6 is 0 Å². The smallest absolute Gasteiger partial charge is 0.410 e. The second-order valence-electron chi connectivity index (χ2n) is 10.7. The monoisotopic (exact) mass is 445 g/mol. The molecule has 0 saturated carbocycles. The quantitative estimate of drug-likeness (QED) is 0.450. The molecule has 1 amide bonds. The van der Waals surface area contributed by atoms with Crippen LogP contribution in [0.5, 0.6) is 0 Å². The number of fused-ring (bicyclic) bond motifs is 2. The number of hydrogen-bond acceptors (Lipinski definition) is 2. The van der Waals surface area contributed by atoms with Crippen molar-refractivity contribution < 1.29 is 9.53 Å². The third-order valence-electron chi connectivity index (χ3n) is 7.26. The highest BCUT2D eigenvalue weighted by Gasteiger charge is 2.41. The Bertz CT molecular complexity index is 990. The zero-order valence-electron chi connectivity index (χ0n) is 21.1. The van der Waals surface area contributed by atoms with Crippen molar-refractivity contribution >= 4 is 11.7 Å². The highest BCUT2D eigenvalue weighted by Crippen LogP contribution is 2.44. The molecule has 4 rings (SSSR count). The number of amides is 1. The lowest BCUT2D eigenvalue weighted by atomic mass is 9.79. The third-order valence-corrected chi connectivity index (χ3v) is 7.26. The Labute approximate surface area is 199 Å². The minimum absolute atomic E-state index is 0.131. The van der Waals surface area contributed by atoms with Gasteiger partial charge in [-0.15, -0.1) is 0 Å². The topological polar surface area (TPSA) is 29.5 Å². The van der Waals surface area contributed by atoms with Crippen LogP contribution in [0.15, 0.2) is 48.5 Å². The van der Waals surface area contributed by atoms with E-state index in [1.807, 2.05) is 35.2 Å². The first-order valence-corrected chi connectivity index (χ1v) is 12.6. The zero-order valence-corrected chi connectivity index (χ0v) is 21.1. The van der Waals surface area contributed by atoms with Crippen molar-refractivity contribution in [2.45, 2.75) is 97.2 Å². The van der Waals surface area contributed by atoms with Crippen LogP contribution in [0.1, 0.15) is 106 Å². The number of ether oxygens (including phenoxy) is 1. The summed E-state index contributed by atoms with van der Waals surface area (Å²) in [6.45, 7) is 14.1. The van der Waals surface area contributed by atoms with E-state index in [1.54, 1.807) is 0 Å². The highest BCUT2D eigenvalue weighted by atomic mass is 16.6. The number of hydrogen-bond donors (Lipinski definition) is 0. The lowest BCUT2D eigenvalue weighted by Gasteiger charge is -2.35. The molecule has 2 unspecified atom stereocenters. The molecular formula is C30H39NO2. The van der Waals surface area contributed by atoms with Gasteiger partial charge in [0.15, 0.2) is 0 Å². The largest absolute Gasteiger partial charge is 0.445 e. The van der Waals surface area contributed by atoms with Gasteiger partial charge >= 0.3 is 6.09 Å². The highest BCUT2D eigenvalue weighted by molar-refractivity contribution is 5.78. The van der Waals surface area contributed by atoms with Gasteiger partial charge in [-0.3, -0.25) is 4.90 Å². The molecule has 0 N–H and O–H groups in total. The van der Waals surface area contributed by atoms with Crippen molar-refractivity contribution in [1.29, 1.82) is 0 Å². The van der Waals surface area contributed by atoms with E-state index in [-0.39, 0.29) is 18.2 Å². The molecule has 2 bridgehead atoms. The molecular weight excluding hydrogens is 406 g/mol. The summed E-state index contributed by atoms with van der Waals surface area (Å²) in [5, 5.41) is 0. The van der Waals surface area contributed by atoms with E-state index in [1.165, 1.54) is 27.8 Å². The van der Waals surface area contributed by atoms with E-state index >= 15 is 0 Å². The van der Waals surface area contributed by atoms with Crippen molar-refractivity contribution in [1.82, 2.24) is 4.90 Å². The second kappa shape index (κ2) is 9.75. The average Bonchev–Trinajstić information content (AvgIpc) is 3.06. The number of rotatable bonds is 6. The molecule has 3 nitrogen and oxygen atoms in total. The van der Waals surface area contributed by atoms with Crippen LogP contribution in [0.4, 0.5) is 4.79 Å². The fraction of sp³-hybridized carbons (Fsp3) is 0.500. The summed E-state index contributed by atoms with van der Waals surface area (Å²) >= 11 is 0. The van der Waals surface area contributed by atoms with Crippen LogP contribution in [0.2, 0.25) is 0 Å². The van der Waals surface area contributed by atoms with E-state index in [0.717, 1.165) is 24.8 Å². The Hall–Kier alpha value is -2.55. The van der Waals surface area contributed by atoms with E-state index in [9.17, 15) is 4.79 Å². The first kappa shape index (κ1) is 23.6. The molecule has 2 atom stereocenters. The van der Waals surface area contributed by atoms with Crippen LogP contribution in [-0.4, -0.2) is 23.1 Å². The maximum absolute atomic E-state index is 13.0. The molecule has 2 aromatic carbocycles. The number of benzene rings is 2. The molecule has 1 fully saturated rings. The Morgan fingerprint density at radius 3 is 2.12 bits per heavy atom. The van der Waals surface area contributed by atoms with Gasteiger partial charge in [-0.25, -0.2) is 4.79 Å². The molecule has 3 heteroatoms. The first-order chi connectivity index (χ1) is 15.8. The van der Waals surface area contributed by atoms with Crippen LogP contribution < -0.4 is 0 Å². The SMILES string of the molecule is CC(C)c1cc(C(C)C)c(C2=CC3CCC(C2)N3C(=O)OCc2ccccc2)c(C(C)C)c1. The molecule has 176 valence electrons. The number of carbonyl (C=O) groups excluding carboxylic acids is 1. The van der Waals surface area contributed by atoms with Crippen molar-refractivity contribution in [3.05, 3.63) is 76.4 Å². The lowest BCUT2D eigenvalue weighted by Crippen LogP contribution is -2.43. The third kappa shape index (κ3) is 4.88. The van der Waals surface area contributed by atoms with Gasteiger partial charge in [0.1, 0.15) is 6.61 Å². The van der Waals surface area contributed by atoms with Gasteiger partial charge in [0.05, 0.1) is 6.04 Å². The van der Waals surface area contributed by atoms with E-state index in [4.69, 9.17) is 4.74 Å². The molecule has 2 aliphatic heterocycles. The molecule has 2 heterocycles. The minimum Gasteiger partial charge on any atom is -0.445 e. The van der Waals surface area contributed by atoms with Crippen LogP contribution in [-0.2, 0) is 11.3 Å². The van der Waals surface area contributed by atoms with Crippen molar-refractivity contribution in [2.75, 3.05) is 0 Å². The predicted molar refractivity (Wildman–Crippen MR) is 137 cm³/mol. The van der Waals surface area contributed by atoms with E-state index in [2.05, 4.69) is 59.8 Å². The van der Waals surface area contributed by atoms with Crippen LogP contribution in [0, 0.1) is 0 Å². The summed E-state index contributed by atoms with van der Waals surface area (Å²) in [7, 11) is 0. The molecule has 2 aliphatic rings. The summed E-state index contributed by atoms with van der Waals surface area (Å²) in [5.74, 6) is 1.44. The molecule has 0 aromatic heterocycles. The maximum Gasteiger partial charge on any atom is 0.410 e. The Kier molecular flexibility index (Phi) is 6.97. The number of carbonyl (C=O) groups is 1. The minimum atomic E-state index is -0.176. The Morgan fingerprint density at radius 2 is 1.58 bits per heavy atom. The molecule has 2 aromatic rings. The van der Waals surface area contributed by atoms with Gasteiger partial charge in [0.2, 0.25) is 0 Å². The summed E-state index contributed by atoms with van der Waals surface area (Å²) in [4.78, 5) is 15.0. The van der Waals surface area contributed by atoms with Crippen LogP contribution in [0.3, 0.4) is 0 Å². The average molecular weight is 446 g/mol. The Morgan fingerprint density at radius 1 is 0.939 bits per heavy atom. The van der Waals surface area contributed by atoms with Gasteiger partial charge in [0.25, 0.3) is 0 Å². The van der Waals surface area contributed by atoms with Crippen LogP contribution in [0.25, 0.3) is 5.57 Å².